The molecule has 3 aromatic rings. The van der Waals surface area contributed by atoms with Crippen molar-refractivity contribution >= 4 is 34.3 Å². The second-order valence-corrected chi connectivity index (χ2v) is 10.9. The van der Waals surface area contributed by atoms with E-state index < -0.39 is 0 Å². The molecule has 222 valence electrons. The van der Waals surface area contributed by atoms with Gasteiger partial charge in [0.05, 0.1) is 18.3 Å². The van der Waals surface area contributed by atoms with Crippen molar-refractivity contribution in [3.05, 3.63) is 59.8 Å². The number of rotatable bonds is 16. The Morgan fingerprint density at radius 1 is 0.878 bits per heavy atom. The Balaban J connectivity index is 1.68. The van der Waals surface area contributed by atoms with Gasteiger partial charge >= 0.3 is 0 Å². The van der Waals surface area contributed by atoms with Gasteiger partial charge < -0.3 is 14.5 Å². The van der Waals surface area contributed by atoms with E-state index in [1.165, 1.54) is 0 Å². The lowest BCUT2D eigenvalue weighted by Crippen LogP contribution is -2.30. The highest BCUT2D eigenvalue weighted by Gasteiger charge is 2.25. The molecule has 7 nitrogen and oxygen atoms in total. The van der Waals surface area contributed by atoms with Crippen LogP contribution in [0.3, 0.4) is 0 Å². The fourth-order valence-electron chi connectivity index (χ4n) is 5.39. The van der Waals surface area contributed by atoms with Gasteiger partial charge in [0.1, 0.15) is 5.75 Å². The van der Waals surface area contributed by atoms with Gasteiger partial charge in [-0.05, 0) is 56.4 Å². The SMILES string of the molecule is CCCCN(C)C(=O)CCCCCCCN(C(C)=O)c1c(C)n(C(=O)CCc2ccccc2)c2ccc(OC)cc12. The first kappa shape index (κ1) is 31.9. The largest absolute Gasteiger partial charge is 0.497 e. The third-order valence-electron chi connectivity index (χ3n) is 7.79. The van der Waals surface area contributed by atoms with Crippen molar-refractivity contribution < 1.29 is 19.1 Å². The van der Waals surface area contributed by atoms with Gasteiger partial charge in [0.2, 0.25) is 17.7 Å². The average Bonchev–Trinajstić information content (AvgIpc) is 3.26. The molecule has 0 N–H and O–H groups in total. The third kappa shape index (κ3) is 8.69. The third-order valence-corrected chi connectivity index (χ3v) is 7.79. The molecule has 0 spiro atoms. The summed E-state index contributed by atoms with van der Waals surface area (Å²) in [6.07, 6.45) is 8.49. The summed E-state index contributed by atoms with van der Waals surface area (Å²) < 4.78 is 7.26. The van der Waals surface area contributed by atoms with Crippen LogP contribution in [0.2, 0.25) is 0 Å². The number of carbonyl (C=O) groups excluding carboxylic acids is 3. The van der Waals surface area contributed by atoms with E-state index in [4.69, 9.17) is 4.74 Å². The number of carbonyl (C=O) groups is 3. The van der Waals surface area contributed by atoms with Crippen molar-refractivity contribution in [3.63, 3.8) is 0 Å². The van der Waals surface area contributed by atoms with E-state index >= 15 is 0 Å². The fourth-order valence-corrected chi connectivity index (χ4v) is 5.39. The molecule has 0 unspecified atom stereocenters. The van der Waals surface area contributed by atoms with E-state index in [2.05, 4.69) is 6.92 Å². The maximum absolute atomic E-state index is 13.5. The van der Waals surface area contributed by atoms with Gasteiger partial charge in [-0.1, -0.05) is 62.9 Å². The lowest BCUT2D eigenvalue weighted by Gasteiger charge is -2.22. The maximum atomic E-state index is 13.5. The van der Waals surface area contributed by atoms with Crippen molar-refractivity contribution in [1.82, 2.24) is 9.47 Å². The van der Waals surface area contributed by atoms with E-state index in [1.807, 2.05) is 72.3 Å². The number of hydrogen-bond donors (Lipinski definition) is 0. The Kier molecular flexibility index (Phi) is 12.4. The minimum absolute atomic E-state index is 0.00570. The van der Waals surface area contributed by atoms with Gasteiger partial charge in [-0.2, -0.15) is 0 Å². The van der Waals surface area contributed by atoms with Gasteiger partial charge in [0.25, 0.3) is 0 Å². The van der Waals surface area contributed by atoms with Crippen LogP contribution in [-0.2, 0) is 16.0 Å². The summed E-state index contributed by atoms with van der Waals surface area (Å²) >= 11 is 0. The molecule has 0 saturated heterocycles. The Bertz CT molecular complexity index is 1300. The monoisotopic (exact) mass is 561 g/mol. The summed E-state index contributed by atoms with van der Waals surface area (Å²) in [6.45, 7) is 7.04. The predicted molar refractivity (Wildman–Crippen MR) is 167 cm³/mol. The number of anilines is 1. The topological polar surface area (TPSA) is 71.9 Å². The van der Waals surface area contributed by atoms with Crippen LogP contribution in [0.5, 0.6) is 5.75 Å². The zero-order valence-corrected chi connectivity index (χ0v) is 25.6. The van der Waals surface area contributed by atoms with Crippen LogP contribution < -0.4 is 9.64 Å². The Hall–Kier alpha value is -3.61. The summed E-state index contributed by atoms with van der Waals surface area (Å²) in [6, 6.07) is 15.7. The number of hydrogen-bond acceptors (Lipinski definition) is 4. The van der Waals surface area contributed by atoms with E-state index in [0.717, 1.165) is 79.3 Å². The number of ether oxygens (including phenoxy) is 1. The highest BCUT2D eigenvalue weighted by Crippen LogP contribution is 2.37. The molecule has 41 heavy (non-hydrogen) atoms. The normalized spacial score (nSPS) is 11.0. The highest BCUT2D eigenvalue weighted by atomic mass is 16.5. The number of amides is 2. The molecule has 1 heterocycles. The maximum Gasteiger partial charge on any atom is 0.231 e. The van der Waals surface area contributed by atoms with E-state index in [0.29, 0.717) is 31.6 Å². The van der Waals surface area contributed by atoms with Crippen LogP contribution in [0.15, 0.2) is 48.5 Å². The predicted octanol–water partition coefficient (Wildman–Crippen LogP) is 7.18. The molecule has 2 amide bonds. The molecule has 7 heteroatoms. The molecule has 0 fully saturated rings. The molecule has 0 aliphatic carbocycles. The molecule has 3 rings (SSSR count). The molecule has 0 aliphatic heterocycles. The smallest absolute Gasteiger partial charge is 0.231 e. The Morgan fingerprint density at radius 3 is 2.27 bits per heavy atom. The van der Waals surface area contributed by atoms with Gasteiger partial charge in [-0.15, -0.1) is 0 Å². The molecular formula is C34H47N3O4. The first-order chi connectivity index (χ1) is 19.8. The van der Waals surface area contributed by atoms with Crippen molar-refractivity contribution in [1.29, 1.82) is 0 Å². The van der Waals surface area contributed by atoms with Crippen molar-refractivity contribution in [2.45, 2.75) is 85.0 Å². The summed E-state index contributed by atoms with van der Waals surface area (Å²) in [4.78, 5) is 42.3. The Morgan fingerprint density at radius 2 is 1.59 bits per heavy atom. The summed E-state index contributed by atoms with van der Waals surface area (Å²) in [5, 5.41) is 0.843. The van der Waals surface area contributed by atoms with E-state index in [-0.39, 0.29) is 17.7 Å². The Labute approximate surface area is 245 Å². The van der Waals surface area contributed by atoms with Crippen molar-refractivity contribution in [3.8, 4) is 5.75 Å². The first-order valence-electron chi connectivity index (χ1n) is 15.1. The summed E-state index contributed by atoms with van der Waals surface area (Å²) in [5.41, 5.74) is 3.46. The quantitative estimate of drug-likeness (QED) is 0.174. The average molecular weight is 562 g/mol. The van der Waals surface area contributed by atoms with Crippen molar-refractivity contribution in [2.24, 2.45) is 0 Å². The van der Waals surface area contributed by atoms with Gasteiger partial charge in [-0.25, -0.2) is 0 Å². The number of aryl methyl sites for hydroxylation is 1. The summed E-state index contributed by atoms with van der Waals surface area (Å²) in [7, 11) is 3.51. The first-order valence-corrected chi connectivity index (χ1v) is 15.1. The molecule has 1 aromatic heterocycles. The number of methoxy groups -OCH3 is 1. The lowest BCUT2D eigenvalue weighted by molar-refractivity contribution is -0.130. The minimum atomic E-state index is -0.0487. The molecule has 0 saturated carbocycles. The number of nitrogens with zero attached hydrogens (tertiary/aromatic N) is 3. The fraction of sp³-hybridized carbons (Fsp3) is 0.500. The highest BCUT2D eigenvalue weighted by molar-refractivity contribution is 6.08. The van der Waals surface area contributed by atoms with Gasteiger partial charge in [0, 0.05) is 51.0 Å². The van der Waals surface area contributed by atoms with Crippen LogP contribution >= 0.6 is 0 Å². The van der Waals surface area contributed by atoms with Crippen LogP contribution in [0.1, 0.15) is 87.7 Å². The molecule has 0 bridgehead atoms. The van der Waals surface area contributed by atoms with Gasteiger partial charge in [0.15, 0.2) is 0 Å². The lowest BCUT2D eigenvalue weighted by atomic mass is 10.1. The minimum Gasteiger partial charge on any atom is -0.497 e. The van der Waals surface area contributed by atoms with Crippen LogP contribution in [0.25, 0.3) is 10.9 Å². The molecule has 0 radical (unpaired) electrons. The second-order valence-electron chi connectivity index (χ2n) is 10.9. The zero-order chi connectivity index (χ0) is 29.8. The number of unbranched alkanes of at least 4 members (excludes halogenated alkanes) is 5. The van der Waals surface area contributed by atoms with Crippen LogP contribution in [-0.4, -0.2) is 54.4 Å². The van der Waals surface area contributed by atoms with Crippen LogP contribution in [0, 0.1) is 6.92 Å². The number of benzene rings is 2. The molecular weight excluding hydrogens is 514 g/mol. The van der Waals surface area contributed by atoms with Crippen molar-refractivity contribution in [2.75, 3.05) is 32.1 Å². The molecule has 0 aliphatic rings. The summed E-state index contributed by atoms with van der Waals surface area (Å²) in [5.74, 6) is 0.867. The van der Waals surface area contributed by atoms with Crippen LogP contribution in [0.4, 0.5) is 5.69 Å². The standard InChI is InChI=1S/C34H47N3O4/c1-6-7-23-35(4)32(39)18-14-9-8-10-15-24-36(27(3)38)34-26(2)37(31-21-20-29(41-5)25-30(31)34)33(40)22-19-28-16-12-11-13-17-28/h11-13,16-17,20-21,25H,6-10,14-15,18-19,22-24H2,1-5H3. The number of aromatic nitrogens is 1. The number of fused-ring (bicyclic) bond motifs is 1. The van der Waals surface area contributed by atoms with Gasteiger partial charge in [-0.3, -0.25) is 19.0 Å². The molecule has 2 aromatic carbocycles. The second kappa shape index (κ2) is 16.0. The molecule has 0 atom stereocenters. The zero-order valence-electron chi connectivity index (χ0n) is 25.6. The van der Waals surface area contributed by atoms with E-state index in [1.54, 1.807) is 18.6 Å². The van der Waals surface area contributed by atoms with E-state index in [9.17, 15) is 14.4 Å².